The lowest BCUT2D eigenvalue weighted by Crippen LogP contribution is -2.43. The summed E-state index contributed by atoms with van der Waals surface area (Å²) < 4.78 is 0. The fourth-order valence-corrected chi connectivity index (χ4v) is 1.32. The highest BCUT2D eigenvalue weighted by molar-refractivity contribution is 5.74. The van der Waals surface area contributed by atoms with Crippen LogP contribution in [0.4, 0.5) is 4.79 Å². The van der Waals surface area contributed by atoms with Crippen molar-refractivity contribution in [2.45, 2.75) is 26.4 Å². The second-order valence-electron chi connectivity index (χ2n) is 4.16. The lowest BCUT2D eigenvalue weighted by Gasteiger charge is -2.15. The molecule has 0 saturated carbocycles. The third-order valence-corrected chi connectivity index (χ3v) is 2.39. The van der Waals surface area contributed by atoms with E-state index in [-0.39, 0.29) is 11.9 Å². The maximum atomic E-state index is 11.5. The van der Waals surface area contributed by atoms with E-state index >= 15 is 0 Å². The summed E-state index contributed by atoms with van der Waals surface area (Å²) in [5.41, 5.74) is 1.03. The molecular formula is C13H17N3O. The van der Waals surface area contributed by atoms with Crippen molar-refractivity contribution in [1.29, 1.82) is 5.26 Å². The molecule has 0 spiro atoms. The molecule has 4 heteroatoms. The van der Waals surface area contributed by atoms with Crippen molar-refractivity contribution in [3.8, 4) is 6.07 Å². The van der Waals surface area contributed by atoms with Crippen LogP contribution in [0.1, 0.15) is 19.4 Å². The fourth-order valence-electron chi connectivity index (χ4n) is 1.32. The molecule has 1 unspecified atom stereocenters. The van der Waals surface area contributed by atoms with Crippen molar-refractivity contribution in [1.82, 2.24) is 10.6 Å². The van der Waals surface area contributed by atoms with E-state index in [1.807, 2.05) is 44.2 Å². The predicted molar refractivity (Wildman–Crippen MR) is 66.1 cm³/mol. The van der Waals surface area contributed by atoms with Crippen molar-refractivity contribution in [2.75, 3.05) is 0 Å². The molecule has 0 saturated heterocycles. The molecule has 4 nitrogen and oxygen atoms in total. The van der Waals surface area contributed by atoms with Gasteiger partial charge < -0.3 is 10.6 Å². The normalized spacial score (nSPS) is 11.6. The average molecular weight is 231 g/mol. The van der Waals surface area contributed by atoms with Crippen molar-refractivity contribution >= 4 is 6.03 Å². The molecule has 0 fully saturated rings. The Morgan fingerprint density at radius 1 is 1.35 bits per heavy atom. The number of hydrogen-bond donors (Lipinski definition) is 2. The molecule has 0 aromatic heterocycles. The number of rotatable bonds is 4. The molecule has 1 aromatic rings. The number of nitrogens with one attached hydrogen (secondary N) is 2. The third kappa shape index (κ3) is 4.56. The van der Waals surface area contributed by atoms with E-state index in [0.717, 1.165) is 5.56 Å². The zero-order valence-electron chi connectivity index (χ0n) is 10.1. The van der Waals surface area contributed by atoms with E-state index in [9.17, 15) is 4.79 Å². The summed E-state index contributed by atoms with van der Waals surface area (Å²) in [6.07, 6.45) is 0. The molecule has 0 aliphatic carbocycles. The Hall–Kier alpha value is -2.02. The van der Waals surface area contributed by atoms with Crippen LogP contribution in [0.3, 0.4) is 0 Å². The molecule has 0 aliphatic rings. The second-order valence-corrected chi connectivity index (χ2v) is 4.16. The first-order chi connectivity index (χ1) is 8.13. The topological polar surface area (TPSA) is 64.9 Å². The Kier molecular flexibility index (Phi) is 5.02. The number of urea groups is 1. The van der Waals surface area contributed by atoms with E-state index in [1.165, 1.54) is 0 Å². The smallest absolute Gasteiger partial charge is 0.316 e. The van der Waals surface area contributed by atoms with Gasteiger partial charge in [-0.2, -0.15) is 5.26 Å². The molecule has 1 atom stereocenters. The number of carbonyl (C=O) groups is 1. The van der Waals surface area contributed by atoms with Gasteiger partial charge in [0.15, 0.2) is 0 Å². The van der Waals surface area contributed by atoms with Crippen LogP contribution in [0.5, 0.6) is 0 Å². The second kappa shape index (κ2) is 6.54. The molecule has 2 N–H and O–H groups in total. The van der Waals surface area contributed by atoms with E-state index in [4.69, 9.17) is 5.26 Å². The molecule has 0 heterocycles. The first-order valence-corrected chi connectivity index (χ1v) is 5.61. The van der Waals surface area contributed by atoms with Crippen molar-refractivity contribution < 1.29 is 4.79 Å². The molecule has 0 bridgehead atoms. The van der Waals surface area contributed by atoms with Crippen molar-refractivity contribution in [3.63, 3.8) is 0 Å². The van der Waals surface area contributed by atoms with Gasteiger partial charge in [0.1, 0.15) is 6.04 Å². The Bertz CT molecular complexity index is 395. The minimum absolute atomic E-state index is 0.0995. The van der Waals surface area contributed by atoms with Crippen LogP contribution >= 0.6 is 0 Å². The number of nitriles is 1. The number of nitrogens with zero attached hydrogens (tertiary/aromatic N) is 1. The minimum Gasteiger partial charge on any atom is -0.334 e. The van der Waals surface area contributed by atoms with E-state index < -0.39 is 6.04 Å². The number of hydrogen-bond acceptors (Lipinski definition) is 2. The summed E-state index contributed by atoms with van der Waals surface area (Å²) in [5.74, 6) is 0.0995. The summed E-state index contributed by atoms with van der Waals surface area (Å²) in [4.78, 5) is 11.5. The highest BCUT2D eigenvalue weighted by Gasteiger charge is 2.14. The average Bonchev–Trinajstić information content (AvgIpc) is 2.34. The Morgan fingerprint density at radius 2 is 2.00 bits per heavy atom. The SMILES string of the molecule is CC(C)C(C#N)NC(=O)NCc1ccccc1. The molecule has 17 heavy (non-hydrogen) atoms. The van der Waals surface area contributed by atoms with Gasteiger partial charge in [0.2, 0.25) is 0 Å². The molecule has 0 radical (unpaired) electrons. The van der Waals surface area contributed by atoms with Crippen LogP contribution in [0.2, 0.25) is 0 Å². The summed E-state index contributed by atoms with van der Waals surface area (Å²) in [6.45, 7) is 4.25. The van der Waals surface area contributed by atoms with E-state index in [2.05, 4.69) is 16.7 Å². The van der Waals surface area contributed by atoms with Crippen molar-refractivity contribution in [3.05, 3.63) is 35.9 Å². The zero-order chi connectivity index (χ0) is 12.7. The zero-order valence-corrected chi connectivity index (χ0v) is 10.1. The molecule has 90 valence electrons. The molecule has 1 aromatic carbocycles. The summed E-state index contributed by atoms with van der Waals surface area (Å²) in [7, 11) is 0. The standard InChI is InChI=1S/C13H17N3O/c1-10(2)12(8-14)16-13(17)15-9-11-6-4-3-5-7-11/h3-7,10,12H,9H2,1-2H3,(H2,15,16,17). The van der Waals surface area contributed by atoms with Crippen LogP contribution in [0.25, 0.3) is 0 Å². The van der Waals surface area contributed by atoms with Crippen LogP contribution in [0.15, 0.2) is 30.3 Å². The molecule has 2 amide bonds. The monoisotopic (exact) mass is 231 g/mol. The first-order valence-electron chi connectivity index (χ1n) is 5.61. The summed E-state index contributed by atoms with van der Waals surface area (Å²) in [6, 6.07) is 10.9. The third-order valence-electron chi connectivity index (χ3n) is 2.39. The Morgan fingerprint density at radius 3 is 2.53 bits per heavy atom. The van der Waals surface area contributed by atoms with Gasteiger partial charge >= 0.3 is 6.03 Å². The van der Waals surface area contributed by atoms with Gasteiger partial charge in [0.05, 0.1) is 6.07 Å². The maximum Gasteiger partial charge on any atom is 0.316 e. The molecule has 1 rings (SSSR count). The lowest BCUT2D eigenvalue weighted by atomic mass is 10.1. The number of benzene rings is 1. The number of amides is 2. The Balaban J connectivity index is 2.38. The largest absolute Gasteiger partial charge is 0.334 e. The lowest BCUT2D eigenvalue weighted by molar-refractivity contribution is 0.236. The van der Waals surface area contributed by atoms with Gasteiger partial charge in [-0.15, -0.1) is 0 Å². The Labute approximate surface area is 102 Å². The van der Waals surface area contributed by atoms with Gasteiger partial charge in [-0.25, -0.2) is 4.79 Å². The maximum absolute atomic E-state index is 11.5. The van der Waals surface area contributed by atoms with E-state index in [0.29, 0.717) is 6.54 Å². The fraction of sp³-hybridized carbons (Fsp3) is 0.385. The quantitative estimate of drug-likeness (QED) is 0.832. The predicted octanol–water partition coefficient (Wildman–Crippen LogP) is 2.03. The van der Waals surface area contributed by atoms with Gasteiger partial charge in [-0.3, -0.25) is 0 Å². The highest BCUT2D eigenvalue weighted by atomic mass is 16.2. The molecule has 0 aliphatic heterocycles. The summed E-state index contributed by atoms with van der Waals surface area (Å²) >= 11 is 0. The van der Waals surface area contributed by atoms with Gasteiger partial charge in [-0.05, 0) is 11.5 Å². The molecular weight excluding hydrogens is 214 g/mol. The van der Waals surface area contributed by atoms with Gasteiger partial charge in [0.25, 0.3) is 0 Å². The first kappa shape index (κ1) is 13.0. The van der Waals surface area contributed by atoms with Crippen LogP contribution in [0, 0.1) is 17.2 Å². The van der Waals surface area contributed by atoms with Gasteiger partial charge in [0, 0.05) is 6.54 Å². The highest BCUT2D eigenvalue weighted by Crippen LogP contribution is 2.00. The van der Waals surface area contributed by atoms with Crippen LogP contribution in [-0.2, 0) is 6.54 Å². The van der Waals surface area contributed by atoms with Crippen molar-refractivity contribution in [2.24, 2.45) is 5.92 Å². The minimum atomic E-state index is -0.453. The van der Waals surface area contributed by atoms with Crippen LogP contribution < -0.4 is 10.6 Å². The summed E-state index contributed by atoms with van der Waals surface area (Å²) in [5, 5.41) is 14.2. The van der Waals surface area contributed by atoms with Gasteiger partial charge in [-0.1, -0.05) is 44.2 Å². The van der Waals surface area contributed by atoms with Crippen LogP contribution in [-0.4, -0.2) is 12.1 Å². The van der Waals surface area contributed by atoms with E-state index in [1.54, 1.807) is 0 Å². The number of carbonyl (C=O) groups excluding carboxylic acids is 1.